The van der Waals surface area contributed by atoms with Crippen LogP contribution in [0.15, 0.2) is 29.2 Å². The Morgan fingerprint density at radius 3 is 2.50 bits per heavy atom. The predicted molar refractivity (Wildman–Crippen MR) is 64.5 cm³/mol. The van der Waals surface area contributed by atoms with Crippen LogP contribution in [-0.2, 0) is 19.6 Å². The highest BCUT2D eigenvalue weighted by Gasteiger charge is 2.17. The number of amides is 1. The molecule has 6 nitrogen and oxygen atoms in total. The number of rotatable bonds is 6. The van der Waals surface area contributed by atoms with E-state index >= 15 is 0 Å². The third-order valence-corrected chi connectivity index (χ3v) is 3.46. The zero-order valence-corrected chi connectivity index (χ0v) is 10.7. The summed E-state index contributed by atoms with van der Waals surface area (Å²) in [7, 11) is -3.88. The van der Waals surface area contributed by atoms with Gasteiger partial charge in [0.25, 0.3) is 10.0 Å². The number of hydrogen-bond acceptors (Lipinski definition) is 5. The van der Waals surface area contributed by atoms with Crippen LogP contribution in [0, 0.1) is 0 Å². The summed E-state index contributed by atoms with van der Waals surface area (Å²) >= 11 is 0. The summed E-state index contributed by atoms with van der Waals surface area (Å²) in [4.78, 5) is 11.3. The van der Waals surface area contributed by atoms with E-state index in [0.29, 0.717) is 6.61 Å². The number of carbonyl (C=O) groups is 1. The molecule has 7 heteroatoms. The SMILES string of the molecule is CCOCCC(=O)NS(=O)(=O)c1ccc(O)cc1. The van der Waals surface area contributed by atoms with Crippen LogP contribution in [0.5, 0.6) is 5.75 Å². The van der Waals surface area contributed by atoms with Crippen molar-refractivity contribution in [1.29, 1.82) is 0 Å². The first-order valence-corrected chi connectivity index (χ1v) is 6.86. The summed E-state index contributed by atoms with van der Waals surface area (Å²) in [5.41, 5.74) is 0. The topological polar surface area (TPSA) is 92.7 Å². The van der Waals surface area contributed by atoms with E-state index in [4.69, 9.17) is 9.84 Å². The molecule has 0 spiro atoms. The van der Waals surface area contributed by atoms with Crippen LogP contribution in [0.1, 0.15) is 13.3 Å². The minimum Gasteiger partial charge on any atom is -0.508 e. The van der Waals surface area contributed by atoms with Crippen LogP contribution in [-0.4, -0.2) is 32.6 Å². The predicted octanol–water partition coefficient (Wildman–Crippen LogP) is 0.624. The van der Waals surface area contributed by atoms with Gasteiger partial charge in [-0.2, -0.15) is 0 Å². The second-order valence-corrected chi connectivity index (χ2v) is 5.15. The lowest BCUT2D eigenvalue weighted by Crippen LogP contribution is -2.31. The van der Waals surface area contributed by atoms with Crippen LogP contribution < -0.4 is 4.72 Å². The summed E-state index contributed by atoms with van der Waals surface area (Å²) < 4.78 is 30.3. The van der Waals surface area contributed by atoms with Gasteiger partial charge in [-0.05, 0) is 31.2 Å². The van der Waals surface area contributed by atoms with Gasteiger partial charge in [0.1, 0.15) is 5.75 Å². The van der Waals surface area contributed by atoms with Crippen LogP contribution >= 0.6 is 0 Å². The molecule has 0 aliphatic carbocycles. The second kappa shape index (κ2) is 6.36. The summed E-state index contributed by atoms with van der Waals surface area (Å²) in [5, 5.41) is 9.05. The number of carbonyl (C=O) groups excluding carboxylic acids is 1. The van der Waals surface area contributed by atoms with E-state index in [2.05, 4.69) is 0 Å². The fourth-order valence-corrected chi connectivity index (χ4v) is 2.21. The van der Waals surface area contributed by atoms with E-state index in [0.717, 1.165) is 0 Å². The van der Waals surface area contributed by atoms with Crippen LogP contribution in [0.2, 0.25) is 0 Å². The number of ether oxygens (including phenoxy) is 1. The molecule has 0 saturated carbocycles. The lowest BCUT2D eigenvalue weighted by molar-refractivity contribution is -0.120. The Bertz CT molecular complexity index is 495. The Hall–Kier alpha value is -1.60. The molecular weight excluding hydrogens is 258 g/mol. The third kappa shape index (κ3) is 4.34. The van der Waals surface area contributed by atoms with Crippen molar-refractivity contribution in [2.24, 2.45) is 0 Å². The molecule has 1 aromatic rings. The van der Waals surface area contributed by atoms with E-state index in [-0.39, 0.29) is 23.7 Å². The zero-order valence-electron chi connectivity index (χ0n) is 9.92. The molecule has 0 fully saturated rings. The molecule has 18 heavy (non-hydrogen) atoms. The maximum atomic E-state index is 11.7. The smallest absolute Gasteiger partial charge is 0.264 e. The lowest BCUT2D eigenvalue weighted by Gasteiger charge is -2.07. The van der Waals surface area contributed by atoms with Crippen molar-refractivity contribution in [2.45, 2.75) is 18.2 Å². The van der Waals surface area contributed by atoms with Gasteiger partial charge in [-0.3, -0.25) is 4.79 Å². The quantitative estimate of drug-likeness (QED) is 0.741. The summed E-state index contributed by atoms with van der Waals surface area (Å²) in [6, 6.07) is 4.90. The number of benzene rings is 1. The Balaban J connectivity index is 2.64. The number of hydrogen-bond donors (Lipinski definition) is 2. The molecular formula is C11H15NO5S. The van der Waals surface area contributed by atoms with Crippen molar-refractivity contribution in [2.75, 3.05) is 13.2 Å². The molecule has 1 rings (SSSR count). The molecule has 0 saturated heterocycles. The Labute approximate surface area is 106 Å². The number of nitrogens with one attached hydrogen (secondary N) is 1. The van der Waals surface area contributed by atoms with Gasteiger partial charge < -0.3 is 9.84 Å². The average molecular weight is 273 g/mol. The molecule has 100 valence electrons. The molecule has 1 aromatic carbocycles. The van der Waals surface area contributed by atoms with E-state index in [1.165, 1.54) is 24.3 Å². The summed E-state index contributed by atoms with van der Waals surface area (Å²) in [5.74, 6) is -0.673. The number of phenols is 1. The van der Waals surface area contributed by atoms with Crippen molar-refractivity contribution in [1.82, 2.24) is 4.72 Å². The van der Waals surface area contributed by atoms with Crippen LogP contribution in [0.4, 0.5) is 0 Å². The molecule has 0 bridgehead atoms. The van der Waals surface area contributed by atoms with Gasteiger partial charge >= 0.3 is 0 Å². The minimum atomic E-state index is -3.88. The first-order chi connectivity index (χ1) is 8.45. The van der Waals surface area contributed by atoms with E-state index in [9.17, 15) is 13.2 Å². The average Bonchev–Trinajstić information content (AvgIpc) is 2.29. The fourth-order valence-electron chi connectivity index (χ4n) is 1.19. The standard InChI is InChI=1S/C11H15NO5S/c1-2-17-8-7-11(14)12-18(15,16)10-5-3-9(13)4-6-10/h3-6,13H,2,7-8H2,1H3,(H,12,14). The van der Waals surface area contributed by atoms with Gasteiger partial charge in [0.2, 0.25) is 5.91 Å². The van der Waals surface area contributed by atoms with Gasteiger partial charge in [0, 0.05) is 6.61 Å². The molecule has 2 N–H and O–H groups in total. The van der Waals surface area contributed by atoms with Gasteiger partial charge in [0.15, 0.2) is 0 Å². The third-order valence-electron chi connectivity index (χ3n) is 2.07. The van der Waals surface area contributed by atoms with Crippen molar-refractivity contribution in [3.8, 4) is 5.75 Å². The van der Waals surface area contributed by atoms with Crippen molar-refractivity contribution in [3.05, 3.63) is 24.3 Å². The highest BCUT2D eigenvalue weighted by molar-refractivity contribution is 7.90. The summed E-state index contributed by atoms with van der Waals surface area (Å²) in [6.07, 6.45) is -0.0227. The van der Waals surface area contributed by atoms with Gasteiger partial charge in [-0.15, -0.1) is 0 Å². The van der Waals surface area contributed by atoms with Crippen molar-refractivity contribution < 1.29 is 23.1 Å². The Morgan fingerprint density at radius 1 is 1.33 bits per heavy atom. The fraction of sp³-hybridized carbons (Fsp3) is 0.364. The maximum Gasteiger partial charge on any atom is 0.264 e. The highest BCUT2D eigenvalue weighted by atomic mass is 32.2. The number of aromatic hydroxyl groups is 1. The molecule has 0 radical (unpaired) electrons. The zero-order chi connectivity index (χ0) is 13.6. The van der Waals surface area contributed by atoms with Gasteiger partial charge in [-0.1, -0.05) is 0 Å². The van der Waals surface area contributed by atoms with E-state index in [1.54, 1.807) is 6.92 Å². The lowest BCUT2D eigenvalue weighted by atomic mass is 10.3. The van der Waals surface area contributed by atoms with Gasteiger partial charge in [-0.25, -0.2) is 13.1 Å². The largest absolute Gasteiger partial charge is 0.508 e. The minimum absolute atomic E-state index is 0.0227. The Morgan fingerprint density at radius 2 is 1.94 bits per heavy atom. The highest BCUT2D eigenvalue weighted by Crippen LogP contribution is 2.14. The Kier molecular flexibility index (Phi) is 5.11. The van der Waals surface area contributed by atoms with E-state index in [1.807, 2.05) is 4.72 Å². The first-order valence-electron chi connectivity index (χ1n) is 5.38. The first kappa shape index (κ1) is 14.5. The summed E-state index contributed by atoms with van der Waals surface area (Å²) in [6.45, 7) is 2.43. The second-order valence-electron chi connectivity index (χ2n) is 3.47. The maximum absolute atomic E-state index is 11.7. The molecule has 0 aliphatic rings. The van der Waals surface area contributed by atoms with Crippen molar-refractivity contribution >= 4 is 15.9 Å². The normalized spacial score (nSPS) is 11.2. The van der Waals surface area contributed by atoms with Gasteiger partial charge in [0.05, 0.1) is 17.9 Å². The van der Waals surface area contributed by atoms with E-state index < -0.39 is 15.9 Å². The molecule has 0 aliphatic heterocycles. The molecule has 0 aromatic heterocycles. The molecule has 1 amide bonds. The van der Waals surface area contributed by atoms with Crippen LogP contribution in [0.3, 0.4) is 0 Å². The molecule has 0 atom stereocenters. The number of sulfonamides is 1. The molecule has 0 heterocycles. The van der Waals surface area contributed by atoms with Crippen LogP contribution in [0.25, 0.3) is 0 Å². The molecule has 0 unspecified atom stereocenters. The number of phenolic OH excluding ortho intramolecular Hbond substituents is 1. The monoisotopic (exact) mass is 273 g/mol. The van der Waals surface area contributed by atoms with Crippen molar-refractivity contribution in [3.63, 3.8) is 0 Å².